The number of pyridine rings is 2. The van der Waals surface area contributed by atoms with Gasteiger partial charge in [-0.15, -0.1) is 0 Å². The number of carbonyl (C=O) groups excluding carboxylic acids is 1. The van der Waals surface area contributed by atoms with Crippen molar-refractivity contribution in [3.63, 3.8) is 0 Å². The van der Waals surface area contributed by atoms with E-state index in [2.05, 4.69) is 28.6 Å². The summed E-state index contributed by atoms with van der Waals surface area (Å²) in [6, 6.07) is 4.76. The smallest absolute Gasteiger partial charge is 0.411 e. The standard InChI is InChI=1S/C19H25FN4O3/c1-11(2)9-19(4,22)10-26-15-6-5-14(24-12(15)3)13-7-8-23-17(16(13)20)27-18(21)25/h5-8,11H,9-10,22H2,1-4H3,(H2,21,25)/t19-/m0/s1. The molecule has 0 aliphatic rings. The van der Waals surface area contributed by atoms with Gasteiger partial charge in [-0.05, 0) is 44.4 Å². The quantitative estimate of drug-likeness (QED) is 0.767. The topological polar surface area (TPSA) is 113 Å². The van der Waals surface area contributed by atoms with Gasteiger partial charge in [0.05, 0.1) is 11.4 Å². The molecule has 0 aliphatic heterocycles. The van der Waals surface area contributed by atoms with E-state index in [1.807, 2.05) is 6.92 Å². The first kappa shape index (κ1) is 20.6. The molecule has 0 saturated carbocycles. The minimum atomic E-state index is -1.14. The van der Waals surface area contributed by atoms with Crippen LogP contribution in [0.2, 0.25) is 0 Å². The Kier molecular flexibility index (Phi) is 6.32. The molecular formula is C19H25FN4O3. The molecular weight excluding hydrogens is 351 g/mol. The zero-order valence-corrected chi connectivity index (χ0v) is 16.0. The van der Waals surface area contributed by atoms with Crippen LogP contribution < -0.4 is 20.9 Å². The van der Waals surface area contributed by atoms with Gasteiger partial charge < -0.3 is 20.9 Å². The van der Waals surface area contributed by atoms with Gasteiger partial charge in [0.2, 0.25) is 0 Å². The average Bonchev–Trinajstić information content (AvgIpc) is 2.54. The Morgan fingerprint density at radius 2 is 2.04 bits per heavy atom. The number of primary amides is 1. The summed E-state index contributed by atoms with van der Waals surface area (Å²) in [5.74, 6) is -0.283. The van der Waals surface area contributed by atoms with Gasteiger partial charge in [-0.2, -0.15) is 0 Å². The van der Waals surface area contributed by atoms with Gasteiger partial charge in [0.1, 0.15) is 12.4 Å². The Morgan fingerprint density at radius 3 is 2.63 bits per heavy atom. The maximum atomic E-state index is 14.5. The molecule has 0 fully saturated rings. The van der Waals surface area contributed by atoms with Crippen LogP contribution >= 0.6 is 0 Å². The van der Waals surface area contributed by atoms with Crippen molar-refractivity contribution in [2.24, 2.45) is 17.4 Å². The predicted octanol–water partition coefficient (Wildman–Crippen LogP) is 3.19. The van der Waals surface area contributed by atoms with Crippen LogP contribution in [0.3, 0.4) is 0 Å². The molecule has 146 valence electrons. The third-order valence-corrected chi connectivity index (χ3v) is 3.80. The monoisotopic (exact) mass is 376 g/mol. The lowest BCUT2D eigenvalue weighted by Crippen LogP contribution is -2.43. The van der Waals surface area contributed by atoms with Crippen molar-refractivity contribution in [3.05, 3.63) is 35.9 Å². The average molecular weight is 376 g/mol. The Morgan fingerprint density at radius 1 is 1.33 bits per heavy atom. The summed E-state index contributed by atoms with van der Waals surface area (Å²) in [7, 11) is 0. The number of nitrogens with zero attached hydrogens (tertiary/aromatic N) is 2. The molecule has 2 aromatic rings. The van der Waals surface area contributed by atoms with Gasteiger partial charge in [0, 0.05) is 17.3 Å². The van der Waals surface area contributed by atoms with E-state index in [9.17, 15) is 9.18 Å². The zero-order chi connectivity index (χ0) is 20.2. The van der Waals surface area contributed by atoms with E-state index < -0.39 is 23.3 Å². The summed E-state index contributed by atoms with van der Waals surface area (Å²) < 4.78 is 24.9. The highest BCUT2D eigenvalue weighted by Gasteiger charge is 2.22. The summed E-state index contributed by atoms with van der Waals surface area (Å²) in [5, 5.41) is 0. The van der Waals surface area contributed by atoms with Crippen LogP contribution in [-0.4, -0.2) is 28.2 Å². The molecule has 4 N–H and O–H groups in total. The van der Waals surface area contributed by atoms with Gasteiger partial charge >= 0.3 is 6.09 Å². The zero-order valence-electron chi connectivity index (χ0n) is 16.0. The molecule has 1 atom stereocenters. The highest BCUT2D eigenvalue weighted by atomic mass is 19.1. The van der Waals surface area contributed by atoms with Crippen molar-refractivity contribution in [1.82, 2.24) is 9.97 Å². The van der Waals surface area contributed by atoms with Crippen LogP contribution in [0.4, 0.5) is 9.18 Å². The number of carbonyl (C=O) groups is 1. The second-order valence-corrected chi connectivity index (χ2v) is 7.22. The summed E-state index contributed by atoms with van der Waals surface area (Å²) in [5.41, 5.74) is 11.8. The highest BCUT2D eigenvalue weighted by Crippen LogP contribution is 2.29. The van der Waals surface area contributed by atoms with E-state index in [4.69, 9.17) is 16.2 Å². The van der Waals surface area contributed by atoms with Crippen molar-refractivity contribution in [1.29, 1.82) is 0 Å². The molecule has 0 radical (unpaired) electrons. The summed E-state index contributed by atoms with van der Waals surface area (Å²) in [6.45, 7) is 8.25. The van der Waals surface area contributed by atoms with E-state index >= 15 is 0 Å². The molecule has 8 heteroatoms. The Balaban J connectivity index is 2.21. The molecule has 1 amide bonds. The third-order valence-electron chi connectivity index (χ3n) is 3.80. The molecule has 2 heterocycles. The van der Waals surface area contributed by atoms with E-state index in [-0.39, 0.29) is 5.56 Å². The molecule has 0 bridgehead atoms. The van der Waals surface area contributed by atoms with Crippen LogP contribution in [0, 0.1) is 18.7 Å². The van der Waals surface area contributed by atoms with Crippen molar-refractivity contribution in [3.8, 4) is 22.9 Å². The first-order chi connectivity index (χ1) is 12.6. The van der Waals surface area contributed by atoms with Gasteiger partial charge in [-0.1, -0.05) is 13.8 Å². The van der Waals surface area contributed by atoms with Crippen LogP contribution in [0.5, 0.6) is 11.6 Å². The predicted molar refractivity (Wildman–Crippen MR) is 99.9 cm³/mol. The van der Waals surface area contributed by atoms with E-state index in [0.717, 1.165) is 6.42 Å². The second kappa shape index (κ2) is 8.30. The number of hydrogen-bond donors (Lipinski definition) is 2. The van der Waals surface area contributed by atoms with Crippen LogP contribution in [0.25, 0.3) is 11.3 Å². The van der Waals surface area contributed by atoms with Gasteiger partial charge in [-0.3, -0.25) is 0 Å². The lowest BCUT2D eigenvalue weighted by Gasteiger charge is -2.27. The Bertz CT molecular complexity index is 825. The van der Waals surface area contributed by atoms with Crippen LogP contribution in [0.1, 0.15) is 32.9 Å². The fraction of sp³-hybridized carbons (Fsp3) is 0.421. The molecule has 0 aromatic carbocycles. The molecule has 0 spiro atoms. The number of amides is 1. The highest BCUT2D eigenvalue weighted by molar-refractivity contribution is 5.69. The van der Waals surface area contributed by atoms with Crippen molar-refractivity contribution >= 4 is 6.09 Å². The Labute approximate surface area is 157 Å². The van der Waals surface area contributed by atoms with Gasteiger partial charge in [0.25, 0.3) is 5.88 Å². The minimum Gasteiger partial charge on any atom is -0.490 e. The number of aryl methyl sites for hydroxylation is 1. The maximum absolute atomic E-state index is 14.5. The second-order valence-electron chi connectivity index (χ2n) is 7.22. The number of ether oxygens (including phenoxy) is 2. The summed E-state index contributed by atoms with van der Waals surface area (Å²) in [4.78, 5) is 18.9. The number of rotatable bonds is 7. The molecule has 27 heavy (non-hydrogen) atoms. The molecule has 7 nitrogen and oxygen atoms in total. The van der Waals surface area contributed by atoms with Crippen molar-refractivity contribution in [2.45, 2.75) is 39.7 Å². The van der Waals surface area contributed by atoms with E-state index in [0.29, 0.717) is 29.7 Å². The Hall–Kier alpha value is -2.74. The van der Waals surface area contributed by atoms with Gasteiger partial charge in [0.15, 0.2) is 5.82 Å². The van der Waals surface area contributed by atoms with Crippen molar-refractivity contribution in [2.75, 3.05) is 6.61 Å². The molecule has 0 saturated heterocycles. The molecule has 2 rings (SSSR count). The molecule has 0 aliphatic carbocycles. The first-order valence-electron chi connectivity index (χ1n) is 8.60. The third kappa shape index (κ3) is 5.62. The van der Waals surface area contributed by atoms with Crippen LogP contribution in [0.15, 0.2) is 24.4 Å². The fourth-order valence-corrected chi connectivity index (χ4v) is 2.87. The number of aromatic nitrogens is 2. The maximum Gasteiger partial charge on any atom is 0.411 e. The summed E-state index contributed by atoms with van der Waals surface area (Å²) in [6.07, 6.45) is 0.990. The van der Waals surface area contributed by atoms with E-state index in [1.165, 1.54) is 12.3 Å². The fourth-order valence-electron chi connectivity index (χ4n) is 2.87. The SMILES string of the molecule is Cc1nc(-c2ccnc(OC(N)=O)c2F)ccc1OC[C@@](C)(N)CC(C)C. The number of hydrogen-bond acceptors (Lipinski definition) is 6. The van der Waals surface area contributed by atoms with Crippen molar-refractivity contribution < 1.29 is 18.7 Å². The first-order valence-corrected chi connectivity index (χ1v) is 8.60. The minimum absolute atomic E-state index is 0.138. The number of nitrogens with two attached hydrogens (primary N) is 2. The molecule has 2 aromatic heterocycles. The lowest BCUT2D eigenvalue weighted by molar-refractivity contribution is 0.205. The largest absolute Gasteiger partial charge is 0.490 e. The molecule has 0 unspecified atom stereocenters. The van der Waals surface area contributed by atoms with E-state index in [1.54, 1.807) is 19.1 Å². The normalized spacial score (nSPS) is 13.3. The lowest BCUT2D eigenvalue weighted by atomic mass is 9.93. The summed E-state index contributed by atoms with van der Waals surface area (Å²) >= 11 is 0. The number of halogens is 1. The van der Waals surface area contributed by atoms with Crippen LogP contribution in [-0.2, 0) is 0 Å². The van der Waals surface area contributed by atoms with Gasteiger partial charge in [-0.25, -0.2) is 19.2 Å².